The number of phenols is 1. The number of aromatic hydroxyl groups is 1. The standard InChI is InChI=1S/C21H21N3O4/c1-27-10-9-24-20(14-6-3-7-15(25)11-14)17-18(22-23-19(17)21(24)26)13-5-4-8-16(12-13)28-2/h3-8,11-12,20,25H,9-10H2,1-2H3,(H,22,23). The highest BCUT2D eigenvalue weighted by atomic mass is 16.5. The molecular weight excluding hydrogens is 358 g/mol. The smallest absolute Gasteiger partial charge is 0.273 e. The van der Waals surface area contributed by atoms with E-state index < -0.39 is 0 Å². The average molecular weight is 379 g/mol. The summed E-state index contributed by atoms with van der Waals surface area (Å²) < 4.78 is 10.5. The molecule has 2 N–H and O–H groups in total. The lowest BCUT2D eigenvalue weighted by Crippen LogP contribution is -2.32. The lowest BCUT2D eigenvalue weighted by atomic mass is 9.96. The van der Waals surface area contributed by atoms with E-state index in [1.54, 1.807) is 37.3 Å². The number of aromatic nitrogens is 2. The Labute approximate surface area is 162 Å². The van der Waals surface area contributed by atoms with E-state index in [2.05, 4.69) is 10.2 Å². The molecule has 3 aromatic rings. The average Bonchev–Trinajstić information content (AvgIpc) is 3.25. The number of methoxy groups -OCH3 is 2. The summed E-state index contributed by atoms with van der Waals surface area (Å²) in [7, 11) is 3.21. The first-order chi connectivity index (χ1) is 13.6. The first kappa shape index (κ1) is 18.1. The second-order valence-electron chi connectivity index (χ2n) is 6.58. The normalized spacial score (nSPS) is 15.7. The molecule has 144 valence electrons. The fourth-order valence-electron chi connectivity index (χ4n) is 3.65. The van der Waals surface area contributed by atoms with Gasteiger partial charge in [0.15, 0.2) is 0 Å². The minimum atomic E-state index is -0.371. The van der Waals surface area contributed by atoms with Gasteiger partial charge in [-0.25, -0.2) is 0 Å². The molecule has 7 heteroatoms. The van der Waals surface area contributed by atoms with Crippen LogP contribution in [-0.4, -0.2) is 53.5 Å². The van der Waals surface area contributed by atoms with E-state index in [1.807, 2.05) is 30.3 Å². The number of fused-ring (bicyclic) bond motifs is 1. The molecule has 0 fully saturated rings. The molecule has 1 aliphatic heterocycles. The Morgan fingerprint density at radius 3 is 2.75 bits per heavy atom. The molecule has 0 saturated heterocycles. The fraction of sp³-hybridized carbons (Fsp3) is 0.238. The summed E-state index contributed by atoms with van der Waals surface area (Å²) in [4.78, 5) is 14.8. The summed E-state index contributed by atoms with van der Waals surface area (Å²) in [6.45, 7) is 0.836. The van der Waals surface area contributed by atoms with Crippen LogP contribution in [0.3, 0.4) is 0 Å². The molecule has 2 aromatic carbocycles. The second kappa shape index (κ2) is 7.36. The number of hydrogen-bond acceptors (Lipinski definition) is 5. The molecule has 7 nitrogen and oxygen atoms in total. The quantitative estimate of drug-likeness (QED) is 0.687. The summed E-state index contributed by atoms with van der Waals surface area (Å²) in [5.41, 5.74) is 3.61. The molecule has 0 aliphatic carbocycles. The van der Waals surface area contributed by atoms with Crippen LogP contribution >= 0.6 is 0 Å². The molecule has 1 unspecified atom stereocenters. The number of benzene rings is 2. The van der Waals surface area contributed by atoms with Gasteiger partial charge in [-0.2, -0.15) is 5.10 Å². The summed E-state index contributed by atoms with van der Waals surface area (Å²) in [5.74, 6) is 0.724. The number of rotatable bonds is 6. The van der Waals surface area contributed by atoms with E-state index in [0.717, 1.165) is 16.7 Å². The number of H-pyrrole nitrogens is 1. The van der Waals surface area contributed by atoms with Gasteiger partial charge < -0.3 is 19.5 Å². The summed E-state index contributed by atoms with van der Waals surface area (Å²) in [6.07, 6.45) is 0. The van der Waals surface area contributed by atoms with Crippen LogP contribution in [0, 0.1) is 0 Å². The minimum absolute atomic E-state index is 0.137. The maximum atomic E-state index is 13.1. The van der Waals surface area contributed by atoms with Crippen molar-refractivity contribution in [2.45, 2.75) is 6.04 Å². The van der Waals surface area contributed by atoms with Gasteiger partial charge in [0.1, 0.15) is 17.2 Å². The third kappa shape index (κ3) is 2.99. The van der Waals surface area contributed by atoms with Crippen LogP contribution in [0.2, 0.25) is 0 Å². The maximum absolute atomic E-state index is 13.1. The van der Waals surface area contributed by atoms with Gasteiger partial charge in [-0.3, -0.25) is 9.89 Å². The van der Waals surface area contributed by atoms with Crippen molar-refractivity contribution in [2.75, 3.05) is 27.4 Å². The topological polar surface area (TPSA) is 87.7 Å². The predicted molar refractivity (Wildman–Crippen MR) is 103 cm³/mol. The number of hydrogen-bond donors (Lipinski definition) is 2. The Bertz CT molecular complexity index is 1010. The molecule has 0 radical (unpaired) electrons. The zero-order chi connectivity index (χ0) is 19.7. The van der Waals surface area contributed by atoms with Crippen LogP contribution in [0.15, 0.2) is 48.5 Å². The van der Waals surface area contributed by atoms with Gasteiger partial charge in [-0.15, -0.1) is 0 Å². The molecule has 1 aromatic heterocycles. The van der Waals surface area contributed by atoms with Crippen LogP contribution in [0.4, 0.5) is 0 Å². The van der Waals surface area contributed by atoms with Crippen LogP contribution in [0.25, 0.3) is 11.3 Å². The predicted octanol–water partition coefficient (Wildman–Crippen LogP) is 2.98. The van der Waals surface area contributed by atoms with Gasteiger partial charge >= 0.3 is 0 Å². The van der Waals surface area contributed by atoms with Gasteiger partial charge in [0, 0.05) is 24.8 Å². The van der Waals surface area contributed by atoms with Crippen molar-refractivity contribution in [3.8, 4) is 22.8 Å². The zero-order valence-corrected chi connectivity index (χ0v) is 15.7. The van der Waals surface area contributed by atoms with E-state index in [9.17, 15) is 9.90 Å². The first-order valence-corrected chi connectivity index (χ1v) is 8.95. The number of nitrogens with zero attached hydrogens (tertiary/aromatic N) is 2. The molecule has 1 aliphatic rings. The van der Waals surface area contributed by atoms with E-state index in [0.29, 0.717) is 30.3 Å². The van der Waals surface area contributed by atoms with E-state index in [4.69, 9.17) is 9.47 Å². The molecule has 0 bridgehead atoms. The molecule has 0 spiro atoms. The van der Waals surface area contributed by atoms with Crippen LogP contribution in [-0.2, 0) is 4.74 Å². The van der Waals surface area contributed by atoms with Crippen LogP contribution in [0.1, 0.15) is 27.7 Å². The largest absolute Gasteiger partial charge is 0.508 e. The third-order valence-electron chi connectivity index (χ3n) is 4.93. The van der Waals surface area contributed by atoms with E-state index in [1.165, 1.54) is 0 Å². The number of amides is 1. The van der Waals surface area contributed by atoms with Crippen molar-refractivity contribution in [3.05, 3.63) is 65.4 Å². The maximum Gasteiger partial charge on any atom is 0.273 e. The Morgan fingerprint density at radius 1 is 1.18 bits per heavy atom. The number of aromatic amines is 1. The van der Waals surface area contributed by atoms with Crippen LogP contribution < -0.4 is 4.74 Å². The lowest BCUT2D eigenvalue weighted by molar-refractivity contribution is 0.0677. The van der Waals surface area contributed by atoms with Gasteiger partial charge in [-0.1, -0.05) is 24.3 Å². The fourth-order valence-corrected chi connectivity index (χ4v) is 3.65. The van der Waals surface area contributed by atoms with Crippen molar-refractivity contribution in [3.63, 3.8) is 0 Å². The molecule has 1 amide bonds. The number of carbonyl (C=O) groups excluding carboxylic acids is 1. The lowest BCUT2D eigenvalue weighted by Gasteiger charge is -2.26. The van der Waals surface area contributed by atoms with E-state index >= 15 is 0 Å². The zero-order valence-electron chi connectivity index (χ0n) is 15.7. The Morgan fingerprint density at radius 2 is 2.00 bits per heavy atom. The molecule has 1 atom stereocenters. The Hall–Kier alpha value is -3.32. The summed E-state index contributed by atoms with van der Waals surface area (Å²) in [5, 5.41) is 17.3. The number of phenolic OH excluding ortho intramolecular Hbond substituents is 1. The molecular formula is C21H21N3O4. The van der Waals surface area contributed by atoms with Gasteiger partial charge in [-0.05, 0) is 29.8 Å². The molecule has 2 heterocycles. The van der Waals surface area contributed by atoms with Crippen molar-refractivity contribution >= 4 is 5.91 Å². The summed E-state index contributed by atoms with van der Waals surface area (Å²) >= 11 is 0. The Kier molecular flexibility index (Phi) is 4.75. The van der Waals surface area contributed by atoms with Crippen molar-refractivity contribution in [2.24, 2.45) is 0 Å². The van der Waals surface area contributed by atoms with Gasteiger partial charge in [0.2, 0.25) is 0 Å². The highest BCUT2D eigenvalue weighted by molar-refractivity contribution is 6.00. The SMILES string of the molecule is COCCN1C(=O)c2[nH]nc(-c3cccc(OC)c3)c2C1c1cccc(O)c1. The third-order valence-corrected chi connectivity index (χ3v) is 4.93. The number of nitrogens with one attached hydrogen (secondary N) is 1. The van der Waals surface area contributed by atoms with Crippen LogP contribution in [0.5, 0.6) is 11.5 Å². The highest BCUT2D eigenvalue weighted by Crippen LogP contribution is 2.43. The van der Waals surface area contributed by atoms with Gasteiger partial charge in [0.05, 0.1) is 25.5 Å². The second-order valence-corrected chi connectivity index (χ2v) is 6.58. The molecule has 0 saturated carbocycles. The van der Waals surface area contributed by atoms with Crippen molar-refractivity contribution in [1.82, 2.24) is 15.1 Å². The molecule has 28 heavy (non-hydrogen) atoms. The first-order valence-electron chi connectivity index (χ1n) is 8.95. The monoisotopic (exact) mass is 379 g/mol. The minimum Gasteiger partial charge on any atom is -0.508 e. The molecule has 4 rings (SSSR count). The Balaban J connectivity index is 1.86. The number of ether oxygens (including phenoxy) is 2. The van der Waals surface area contributed by atoms with Crippen molar-refractivity contribution < 1.29 is 19.4 Å². The summed E-state index contributed by atoms with van der Waals surface area (Å²) in [6, 6.07) is 14.1. The van der Waals surface area contributed by atoms with Crippen molar-refractivity contribution in [1.29, 1.82) is 0 Å². The highest BCUT2D eigenvalue weighted by Gasteiger charge is 2.42. The van der Waals surface area contributed by atoms with E-state index in [-0.39, 0.29) is 17.7 Å². The number of carbonyl (C=O) groups is 1. The van der Waals surface area contributed by atoms with Gasteiger partial charge in [0.25, 0.3) is 5.91 Å².